The van der Waals surface area contributed by atoms with Crippen molar-refractivity contribution in [1.29, 1.82) is 0 Å². The molecule has 2 N–H and O–H groups in total. The molecule has 0 aliphatic carbocycles. The minimum absolute atomic E-state index is 0.0691. The van der Waals surface area contributed by atoms with E-state index in [0.29, 0.717) is 19.6 Å². The number of amides is 1. The van der Waals surface area contributed by atoms with Crippen LogP contribution in [-0.2, 0) is 0 Å². The summed E-state index contributed by atoms with van der Waals surface area (Å²) >= 11 is 0. The lowest BCUT2D eigenvalue weighted by molar-refractivity contribution is -0.153. The zero-order chi connectivity index (χ0) is 19.4. The first-order chi connectivity index (χ1) is 12.9. The maximum atomic E-state index is 12.9. The van der Waals surface area contributed by atoms with E-state index < -0.39 is 18.7 Å². The summed E-state index contributed by atoms with van der Waals surface area (Å²) in [4.78, 5) is 18.4. The van der Waals surface area contributed by atoms with Gasteiger partial charge in [0.2, 0.25) is 0 Å². The predicted molar refractivity (Wildman–Crippen MR) is 93.4 cm³/mol. The highest BCUT2D eigenvalue weighted by atomic mass is 19.4. The predicted octanol–water partition coefficient (Wildman–Crippen LogP) is 2.84. The van der Waals surface area contributed by atoms with Gasteiger partial charge in [-0.25, -0.2) is 4.98 Å². The van der Waals surface area contributed by atoms with Crippen LogP contribution in [0.1, 0.15) is 22.0 Å². The number of rotatable bonds is 5. The molecule has 1 saturated heterocycles. The molecule has 1 amide bonds. The topological polar surface area (TPSA) is 68.5 Å². The van der Waals surface area contributed by atoms with Gasteiger partial charge in [0.15, 0.2) is 18.1 Å². The Morgan fingerprint density at radius 2 is 1.93 bits per heavy atom. The van der Waals surface area contributed by atoms with Gasteiger partial charge in [-0.05, 0) is 30.2 Å². The molecule has 0 unspecified atom stereocenters. The summed E-state index contributed by atoms with van der Waals surface area (Å²) < 4.78 is 42.2. The quantitative estimate of drug-likeness (QED) is 0.868. The van der Waals surface area contributed by atoms with Crippen molar-refractivity contribution >= 4 is 5.91 Å². The summed E-state index contributed by atoms with van der Waals surface area (Å²) in [7, 11) is 0. The van der Waals surface area contributed by atoms with E-state index in [1.807, 2.05) is 30.3 Å². The van der Waals surface area contributed by atoms with Crippen LogP contribution in [0.5, 0.6) is 5.75 Å². The number of ether oxygens (including phenoxy) is 1. The lowest BCUT2D eigenvalue weighted by Gasteiger charge is -2.18. The van der Waals surface area contributed by atoms with Crippen molar-refractivity contribution in [2.75, 3.05) is 26.2 Å². The highest BCUT2D eigenvalue weighted by Gasteiger charge is 2.37. The van der Waals surface area contributed by atoms with Gasteiger partial charge in [-0.3, -0.25) is 4.79 Å². The number of halogens is 3. The minimum Gasteiger partial charge on any atom is -0.482 e. The van der Waals surface area contributed by atoms with Crippen LogP contribution >= 0.6 is 0 Å². The third kappa shape index (κ3) is 4.57. The first-order valence-electron chi connectivity index (χ1n) is 8.58. The minimum atomic E-state index is -4.49. The van der Waals surface area contributed by atoms with Crippen LogP contribution in [0.4, 0.5) is 13.2 Å². The smallest absolute Gasteiger partial charge is 0.422 e. The van der Waals surface area contributed by atoms with Crippen molar-refractivity contribution in [2.45, 2.75) is 12.1 Å². The highest BCUT2D eigenvalue weighted by Crippen LogP contribution is 2.33. The summed E-state index contributed by atoms with van der Waals surface area (Å²) in [6.07, 6.45) is -3.13. The van der Waals surface area contributed by atoms with Crippen molar-refractivity contribution < 1.29 is 22.7 Å². The molecule has 2 heterocycles. The van der Waals surface area contributed by atoms with Crippen LogP contribution < -0.4 is 10.5 Å². The van der Waals surface area contributed by atoms with Gasteiger partial charge in [0.05, 0.1) is 0 Å². The fourth-order valence-electron chi connectivity index (χ4n) is 3.33. The third-order valence-corrected chi connectivity index (χ3v) is 4.62. The molecule has 0 saturated carbocycles. The monoisotopic (exact) mass is 379 g/mol. The van der Waals surface area contributed by atoms with Gasteiger partial charge >= 0.3 is 6.18 Å². The first-order valence-corrected chi connectivity index (χ1v) is 8.58. The Morgan fingerprint density at radius 3 is 2.59 bits per heavy atom. The summed E-state index contributed by atoms with van der Waals surface area (Å²) in [5.74, 6) is -0.486. The van der Waals surface area contributed by atoms with Crippen LogP contribution in [0.3, 0.4) is 0 Å². The number of hydrogen-bond donors (Lipinski definition) is 1. The molecule has 0 spiro atoms. The Morgan fingerprint density at radius 1 is 1.19 bits per heavy atom. The number of hydrogen-bond acceptors (Lipinski definition) is 4. The number of aromatic nitrogens is 1. The molecule has 2 aromatic rings. The van der Waals surface area contributed by atoms with E-state index in [4.69, 9.17) is 10.5 Å². The molecule has 27 heavy (non-hydrogen) atoms. The average molecular weight is 379 g/mol. The Labute approximate surface area is 154 Å². The van der Waals surface area contributed by atoms with E-state index in [2.05, 4.69) is 4.98 Å². The number of carbonyl (C=O) groups excluding carboxylic acids is 1. The second kappa shape index (κ2) is 7.96. The van der Waals surface area contributed by atoms with Crippen LogP contribution in [-0.4, -0.2) is 48.2 Å². The lowest BCUT2D eigenvalue weighted by atomic mass is 9.89. The van der Waals surface area contributed by atoms with E-state index in [0.717, 1.165) is 5.56 Å². The molecule has 2 atom stereocenters. The van der Waals surface area contributed by atoms with E-state index >= 15 is 0 Å². The van der Waals surface area contributed by atoms with Gasteiger partial charge < -0.3 is 15.4 Å². The Bertz CT molecular complexity index is 783. The van der Waals surface area contributed by atoms with Gasteiger partial charge in [0.1, 0.15) is 0 Å². The molecule has 5 nitrogen and oxygen atoms in total. The number of likely N-dealkylation sites (tertiary alicyclic amines) is 1. The lowest BCUT2D eigenvalue weighted by Crippen LogP contribution is -2.31. The van der Waals surface area contributed by atoms with Gasteiger partial charge in [-0.2, -0.15) is 13.2 Å². The summed E-state index contributed by atoms with van der Waals surface area (Å²) in [5, 5.41) is 0. The second-order valence-electron chi connectivity index (χ2n) is 6.48. The van der Waals surface area contributed by atoms with Crippen molar-refractivity contribution in [3.63, 3.8) is 0 Å². The molecule has 144 valence electrons. The largest absolute Gasteiger partial charge is 0.482 e. The van der Waals surface area contributed by atoms with Crippen molar-refractivity contribution in [3.05, 3.63) is 59.9 Å². The van der Waals surface area contributed by atoms with Gasteiger partial charge in [0, 0.05) is 25.2 Å². The second-order valence-corrected chi connectivity index (χ2v) is 6.48. The van der Waals surface area contributed by atoms with Crippen LogP contribution in [0.25, 0.3) is 0 Å². The fraction of sp³-hybridized carbons (Fsp3) is 0.368. The molecule has 0 radical (unpaired) electrons. The Balaban J connectivity index is 1.78. The van der Waals surface area contributed by atoms with Gasteiger partial charge in [-0.15, -0.1) is 0 Å². The Kier molecular flexibility index (Phi) is 5.65. The molecule has 0 bridgehead atoms. The third-order valence-electron chi connectivity index (χ3n) is 4.62. The summed E-state index contributed by atoms with van der Waals surface area (Å²) in [6.45, 7) is -0.218. The number of benzene rings is 1. The molecule has 1 aliphatic rings. The average Bonchev–Trinajstić information content (AvgIpc) is 3.10. The maximum absolute atomic E-state index is 12.9. The number of alkyl halides is 3. The van der Waals surface area contributed by atoms with E-state index in [1.54, 1.807) is 4.90 Å². The van der Waals surface area contributed by atoms with Gasteiger partial charge in [-0.1, -0.05) is 30.3 Å². The van der Waals surface area contributed by atoms with E-state index in [1.165, 1.54) is 18.3 Å². The van der Waals surface area contributed by atoms with Crippen LogP contribution in [0.15, 0.2) is 48.7 Å². The maximum Gasteiger partial charge on any atom is 0.422 e. The molecule has 1 aromatic heterocycles. The summed E-state index contributed by atoms with van der Waals surface area (Å²) in [6, 6.07) is 12.5. The highest BCUT2D eigenvalue weighted by molar-refractivity contribution is 5.95. The summed E-state index contributed by atoms with van der Waals surface area (Å²) in [5.41, 5.74) is 6.85. The van der Waals surface area contributed by atoms with Crippen molar-refractivity contribution in [3.8, 4) is 5.75 Å². The molecule has 3 rings (SSSR count). The fourth-order valence-corrected chi connectivity index (χ4v) is 3.33. The van der Waals surface area contributed by atoms with Gasteiger partial charge in [0.25, 0.3) is 5.91 Å². The molecule has 1 aromatic carbocycles. The standard InChI is InChI=1S/C19H20F3N3O2/c20-19(21,22)12-27-16-7-4-8-24-17(16)18(26)25-10-14(9-23)15(11-25)13-5-2-1-3-6-13/h1-8,14-15H,9-12,23H2/t14-,15+/m1/s1. The number of pyridine rings is 1. The zero-order valence-electron chi connectivity index (χ0n) is 14.5. The van der Waals surface area contributed by atoms with Crippen molar-refractivity contribution in [2.24, 2.45) is 11.7 Å². The molecule has 8 heteroatoms. The molecule has 1 fully saturated rings. The Hall–Kier alpha value is -2.61. The molecular formula is C19H20F3N3O2. The number of carbonyl (C=O) groups is 1. The molecular weight excluding hydrogens is 359 g/mol. The molecule has 1 aliphatic heterocycles. The number of nitrogens with two attached hydrogens (primary N) is 1. The normalized spacial score (nSPS) is 19.9. The number of nitrogens with zero attached hydrogens (tertiary/aromatic N) is 2. The first kappa shape index (κ1) is 19.2. The van der Waals surface area contributed by atoms with E-state index in [-0.39, 0.29) is 23.3 Å². The van der Waals surface area contributed by atoms with E-state index in [9.17, 15) is 18.0 Å². The zero-order valence-corrected chi connectivity index (χ0v) is 14.5. The van der Waals surface area contributed by atoms with Crippen LogP contribution in [0.2, 0.25) is 0 Å². The SMILES string of the molecule is NC[C@@H]1CN(C(=O)c2ncccc2OCC(F)(F)F)C[C@H]1c1ccccc1. The van der Waals surface area contributed by atoms with Crippen LogP contribution in [0, 0.1) is 5.92 Å². The van der Waals surface area contributed by atoms with Crippen molar-refractivity contribution in [1.82, 2.24) is 9.88 Å².